The van der Waals surface area contributed by atoms with Gasteiger partial charge < -0.3 is 24.3 Å². The Labute approximate surface area is 155 Å². The fourth-order valence-electron chi connectivity index (χ4n) is 2.31. The Bertz CT molecular complexity index is 734. The Morgan fingerprint density at radius 2 is 1.77 bits per heavy atom. The van der Waals surface area contributed by atoms with Crippen LogP contribution in [0.5, 0.6) is 17.2 Å². The Balaban J connectivity index is 2.00. The number of hydrogen-bond acceptors (Lipinski definition) is 7. The van der Waals surface area contributed by atoms with Crippen molar-refractivity contribution >= 4 is 23.2 Å². The van der Waals surface area contributed by atoms with Crippen molar-refractivity contribution in [1.82, 2.24) is 5.32 Å². The lowest BCUT2D eigenvalue weighted by Crippen LogP contribution is -2.30. The largest absolute Gasteiger partial charge is 0.493 e. The van der Waals surface area contributed by atoms with Crippen molar-refractivity contribution in [2.75, 3.05) is 27.9 Å². The molecule has 1 aromatic carbocycles. The van der Waals surface area contributed by atoms with Crippen LogP contribution >= 0.6 is 11.3 Å². The second-order valence-electron chi connectivity index (χ2n) is 5.29. The van der Waals surface area contributed by atoms with Crippen LogP contribution in [0.2, 0.25) is 0 Å². The molecule has 1 amide bonds. The fraction of sp³-hybridized carbons (Fsp3) is 0.333. The number of ether oxygens (including phenoxy) is 4. The average Bonchev–Trinajstić information content (AvgIpc) is 3.19. The number of methoxy groups -OCH3 is 3. The van der Waals surface area contributed by atoms with E-state index in [0.29, 0.717) is 17.2 Å². The SMILES string of the molecule is COc1cc(C(=O)OCC(=O)NC(C)c2cccs2)cc(OC)c1OC. The summed E-state index contributed by atoms with van der Waals surface area (Å²) in [7, 11) is 4.37. The van der Waals surface area contributed by atoms with E-state index in [1.165, 1.54) is 33.5 Å². The van der Waals surface area contributed by atoms with Crippen molar-refractivity contribution < 1.29 is 28.5 Å². The van der Waals surface area contributed by atoms with E-state index in [9.17, 15) is 9.59 Å². The van der Waals surface area contributed by atoms with Gasteiger partial charge in [0, 0.05) is 4.88 Å². The maximum Gasteiger partial charge on any atom is 0.338 e. The number of esters is 1. The van der Waals surface area contributed by atoms with Gasteiger partial charge in [-0.15, -0.1) is 11.3 Å². The van der Waals surface area contributed by atoms with Crippen LogP contribution in [0.4, 0.5) is 0 Å². The van der Waals surface area contributed by atoms with Crippen molar-refractivity contribution in [3.05, 3.63) is 40.1 Å². The molecular weight excluding hydrogens is 358 g/mol. The zero-order valence-electron chi connectivity index (χ0n) is 15.0. The smallest absolute Gasteiger partial charge is 0.338 e. The minimum absolute atomic E-state index is 0.151. The molecule has 7 nitrogen and oxygen atoms in total. The third kappa shape index (κ3) is 4.66. The monoisotopic (exact) mass is 379 g/mol. The van der Waals surface area contributed by atoms with Crippen molar-refractivity contribution in [2.45, 2.75) is 13.0 Å². The van der Waals surface area contributed by atoms with Gasteiger partial charge in [0.25, 0.3) is 5.91 Å². The van der Waals surface area contributed by atoms with Gasteiger partial charge in [-0.25, -0.2) is 4.79 Å². The lowest BCUT2D eigenvalue weighted by Gasteiger charge is -2.14. The first-order valence-corrected chi connectivity index (χ1v) is 8.68. The van der Waals surface area contributed by atoms with E-state index in [0.717, 1.165) is 4.88 Å². The number of amides is 1. The minimum atomic E-state index is -0.664. The van der Waals surface area contributed by atoms with E-state index in [2.05, 4.69) is 5.32 Å². The highest BCUT2D eigenvalue weighted by Gasteiger charge is 2.19. The second-order valence-corrected chi connectivity index (χ2v) is 6.27. The molecule has 1 N–H and O–H groups in total. The summed E-state index contributed by atoms with van der Waals surface area (Å²) < 4.78 is 20.7. The first-order valence-electron chi connectivity index (χ1n) is 7.80. The molecule has 0 saturated carbocycles. The molecular formula is C18H21NO6S. The Morgan fingerprint density at radius 1 is 1.12 bits per heavy atom. The molecule has 1 heterocycles. The maximum absolute atomic E-state index is 12.2. The van der Waals surface area contributed by atoms with E-state index in [4.69, 9.17) is 18.9 Å². The zero-order valence-corrected chi connectivity index (χ0v) is 15.8. The third-order valence-corrected chi connectivity index (χ3v) is 4.64. The molecule has 0 saturated heterocycles. The summed E-state index contributed by atoms with van der Waals surface area (Å²) in [5, 5.41) is 4.71. The molecule has 0 aliphatic heterocycles. The van der Waals surface area contributed by atoms with Gasteiger partial charge >= 0.3 is 5.97 Å². The summed E-state index contributed by atoms with van der Waals surface area (Å²) >= 11 is 1.54. The molecule has 0 radical (unpaired) electrons. The van der Waals surface area contributed by atoms with Crippen LogP contribution in [0.15, 0.2) is 29.6 Å². The summed E-state index contributed by atoms with van der Waals surface area (Å²) in [6, 6.07) is 6.62. The van der Waals surface area contributed by atoms with Gasteiger partial charge in [0.1, 0.15) is 0 Å². The number of benzene rings is 1. The highest BCUT2D eigenvalue weighted by atomic mass is 32.1. The number of carbonyl (C=O) groups is 2. The summed E-state index contributed by atoms with van der Waals surface area (Å²) in [6.07, 6.45) is 0. The molecule has 0 spiro atoms. The Kier molecular flexibility index (Phi) is 6.85. The highest BCUT2D eigenvalue weighted by Crippen LogP contribution is 2.38. The van der Waals surface area contributed by atoms with Gasteiger partial charge in [0.05, 0.1) is 32.9 Å². The standard InChI is InChI=1S/C18H21NO6S/c1-11(15-6-5-7-26-15)19-16(20)10-25-18(21)12-8-13(22-2)17(24-4)14(9-12)23-3/h5-9,11H,10H2,1-4H3,(H,19,20). The van der Waals surface area contributed by atoms with E-state index < -0.39 is 5.97 Å². The molecule has 26 heavy (non-hydrogen) atoms. The normalized spacial score (nSPS) is 11.4. The third-order valence-electron chi connectivity index (χ3n) is 3.58. The molecule has 0 fully saturated rings. The predicted molar refractivity (Wildman–Crippen MR) is 97.3 cm³/mol. The van der Waals surface area contributed by atoms with Gasteiger partial charge in [0.2, 0.25) is 5.75 Å². The van der Waals surface area contributed by atoms with E-state index in [1.54, 1.807) is 11.3 Å². The van der Waals surface area contributed by atoms with Crippen molar-refractivity contribution in [3.8, 4) is 17.2 Å². The zero-order chi connectivity index (χ0) is 19.1. The molecule has 0 bridgehead atoms. The Morgan fingerprint density at radius 3 is 2.27 bits per heavy atom. The topological polar surface area (TPSA) is 83.1 Å². The second kappa shape index (κ2) is 9.10. The molecule has 1 atom stereocenters. The average molecular weight is 379 g/mol. The minimum Gasteiger partial charge on any atom is -0.493 e. The van der Waals surface area contributed by atoms with E-state index >= 15 is 0 Å². The van der Waals surface area contributed by atoms with Crippen LogP contribution in [0, 0.1) is 0 Å². The van der Waals surface area contributed by atoms with Gasteiger partial charge in [0.15, 0.2) is 18.1 Å². The number of thiophene rings is 1. The summed E-state index contributed by atoms with van der Waals surface area (Å²) in [5.74, 6) is -0.0203. The van der Waals surface area contributed by atoms with E-state index in [-0.39, 0.29) is 24.1 Å². The summed E-state index contributed by atoms with van der Waals surface area (Å²) in [4.78, 5) is 25.2. The molecule has 2 rings (SSSR count). The molecule has 0 aliphatic carbocycles. The van der Waals surface area contributed by atoms with Crippen molar-refractivity contribution in [3.63, 3.8) is 0 Å². The first kappa shape index (κ1) is 19.6. The van der Waals surface area contributed by atoms with Gasteiger partial charge in [-0.3, -0.25) is 4.79 Å². The van der Waals surface area contributed by atoms with Gasteiger partial charge in [-0.1, -0.05) is 6.07 Å². The molecule has 140 valence electrons. The highest BCUT2D eigenvalue weighted by molar-refractivity contribution is 7.10. The Hall–Kier alpha value is -2.74. The molecule has 0 aliphatic rings. The fourth-order valence-corrected chi connectivity index (χ4v) is 3.04. The van der Waals surface area contributed by atoms with Crippen LogP contribution in [0.1, 0.15) is 28.2 Å². The lowest BCUT2D eigenvalue weighted by atomic mass is 10.2. The van der Waals surface area contributed by atoms with Crippen molar-refractivity contribution in [1.29, 1.82) is 0 Å². The predicted octanol–water partition coefficient (Wildman–Crippen LogP) is 2.81. The van der Waals surface area contributed by atoms with Crippen LogP contribution in [-0.4, -0.2) is 39.8 Å². The van der Waals surface area contributed by atoms with Crippen LogP contribution in [0.25, 0.3) is 0 Å². The summed E-state index contributed by atoms with van der Waals surface area (Å²) in [5.41, 5.74) is 0.193. The first-order chi connectivity index (χ1) is 12.5. The van der Waals surface area contributed by atoms with E-state index in [1.807, 2.05) is 24.4 Å². The molecule has 1 unspecified atom stereocenters. The van der Waals surface area contributed by atoms with Gasteiger partial charge in [-0.2, -0.15) is 0 Å². The number of rotatable bonds is 8. The number of nitrogens with one attached hydrogen (secondary N) is 1. The number of hydrogen-bond donors (Lipinski definition) is 1. The number of carbonyl (C=O) groups excluding carboxylic acids is 2. The lowest BCUT2D eigenvalue weighted by molar-refractivity contribution is -0.124. The molecule has 1 aromatic heterocycles. The summed E-state index contributed by atoms with van der Waals surface area (Å²) in [6.45, 7) is 1.48. The molecule has 2 aromatic rings. The van der Waals surface area contributed by atoms with Crippen LogP contribution in [0.3, 0.4) is 0 Å². The van der Waals surface area contributed by atoms with Gasteiger partial charge in [-0.05, 0) is 30.5 Å². The van der Waals surface area contributed by atoms with Crippen LogP contribution < -0.4 is 19.5 Å². The van der Waals surface area contributed by atoms with Crippen molar-refractivity contribution in [2.24, 2.45) is 0 Å². The quantitative estimate of drug-likeness (QED) is 0.710. The maximum atomic E-state index is 12.2. The van der Waals surface area contributed by atoms with Crippen LogP contribution in [-0.2, 0) is 9.53 Å². The molecule has 8 heteroatoms.